The van der Waals surface area contributed by atoms with Crippen molar-refractivity contribution in [2.75, 3.05) is 38.2 Å². The van der Waals surface area contributed by atoms with Gasteiger partial charge >= 0.3 is 11.6 Å². The average Bonchev–Trinajstić information content (AvgIpc) is 2.82. The molecule has 0 atom stereocenters. The number of hydrogen-bond acceptors (Lipinski definition) is 7. The largest absolute Gasteiger partial charge is 0.490 e. The number of para-hydroxylation sites is 1. The van der Waals surface area contributed by atoms with Gasteiger partial charge in [-0.1, -0.05) is 26.0 Å². The Hall–Kier alpha value is -3.65. The molecule has 0 bridgehead atoms. The number of rotatable bonds is 10. The predicted octanol–water partition coefficient (Wildman–Crippen LogP) is 3.94. The third-order valence-electron chi connectivity index (χ3n) is 5.18. The van der Waals surface area contributed by atoms with E-state index in [9.17, 15) is 14.4 Å². The van der Waals surface area contributed by atoms with Gasteiger partial charge in [0.2, 0.25) is 0 Å². The lowest BCUT2D eigenvalue weighted by Gasteiger charge is -2.17. The van der Waals surface area contributed by atoms with E-state index in [0.29, 0.717) is 47.7 Å². The summed E-state index contributed by atoms with van der Waals surface area (Å²) in [5, 5.41) is 3.23. The van der Waals surface area contributed by atoms with Crippen LogP contribution in [0, 0.1) is 0 Å². The summed E-state index contributed by atoms with van der Waals surface area (Å²) in [5.41, 5.74) is 0.213. The molecular formula is C25H28N2O6. The minimum absolute atomic E-state index is 0.129. The van der Waals surface area contributed by atoms with Crippen LogP contribution in [0.2, 0.25) is 0 Å². The van der Waals surface area contributed by atoms with Crippen LogP contribution in [0.25, 0.3) is 11.0 Å². The topological polar surface area (TPSA) is 98.1 Å². The van der Waals surface area contributed by atoms with Crippen LogP contribution in [0.1, 0.15) is 41.5 Å². The van der Waals surface area contributed by atoms with Gasteiger partial charge in [-0.05, 0) is 56.4 Å². The van der Waals surface area contributed by atoms with Crippen LogP contribution >= 0.6 is 0 Å². The lowest BCUT2D eigenvalue weighted by Crippen LogP contribution is -2.27. The highest BCUT2D eigenvalue weighted by Gasteiger charge is 2.16. The SMILES string of the molecule is CCOc1cccc2cc(C(=O)Nc3ccc(C(=O)OCCN(CC)CC)cc3)c(=O)oc12. The Labute approximate surface area is 192 Å². The number of benzene rings is 2. The minimum Gasteiger partial charge on any atom is -0.490 e. The van der Waals surface area contributed by atoms with Crippen LogP contribution < -0.4 is 15.7 Å². The highest BCUT2D eigenvalue weighted by atomic mass is 16.5. The summed E-state index contributed by atoms with van der Waals surface area (Å²) >= 11 is 0. The summed E-state index contributed by atoms with van der Waals surface area (Å²) in [5.74, 6) is -0.596. The molecule has 0 radical (unpaired) electrons. The molecule has 8 heteroatoms. The zero-order valence-corrected chi connectivity index (χ0v) is 19.1. The van der Waals surface area contributed by atoms with Crippen molar-refractivity contribution in [3.8, 4) is 5.75 Å². The number of esters is 1. The molecule has 0 spiro atoms. The molecule has 1 aromatic heterocycles. The Bertz CT molecular complexity index is 1170. The number of anilines is 1. The zero-order chi connectivity index (χ0) is 23.8. The summed E-state index contributed by atoms with van der Waals surface area (Å²) in [4.78, 5) is 39.4. The molecule has 174 valence electrons. The van der Waals surface area contributed by atoms with Crippen molar-refractivity contribution in [3.63, 3.8) is 0 Å². The molecule has 3 rings (SSSR count). The lowest BCUT2D eigenvalue weighted by molar-refractivity contribution is 0.0466. The summed E-state index contributed by atoms with van der Waals surface area (Å²) < 4.78 is 16.1. The van der Waals surface area contributed by atoms with E-state index in [1.165, 1.54) is 6.07 Å². The van der Waals surface area contributed by atoms with E-state index >= 15 is 0 Å². The maximum atomic E-state index is 12.7. The van der Waals surface area contributed by atoms with Crippen LogP contribution in [0.4, 0.5) is 5.69 Å². The van der Waals surface area contributed by atoms with Gasteiger partial charge in [0.05, 0.1) is 12.2 Å². The Morgan fingerprint density at radius 2 is 1.76 bits per heavy atom. The van der Waals surface area contributed by atoms with Gasteiger partial charge in [-0.3, -0.25) is 4.79 Å². The van der Waals surface area contributed by atoms with Crippen molar-refractivity contribution in [2.24, 2.45) is 0 Å². The van der Waals surface area contributed by atoms with Gasteiger partial charge in [0.1, 0.15) is 12.2 Å². The number of ether oxygens (including phenoxy) is 2. The number of carbonyl (C=O) groups excluding carboxylic acids is 2. The molecule has 0 saturated heterocycles. The molecule has 33 heavy (non-hydrogen) atoms. The van der Waals surface area contributed by atoms with Gasteiger partial charge in [-0.2, -0.15) is 0 Å². The zero-order valence-electron chi connectivity index (χ0n) is 19.1. The van der Waals surface area contributed by atoms with Gasteiger partial charge in [0, 0.05) is 17.6 Å². The molecule has 0 fully saturated rings. The number of nitrogens with one attached hydrogen (secondary N) is 1. The van der Waals surface area contributed by atoms with Crippen LogP contribution in [0.5, 0.6) is 5.75 Å². The minimum atomic E-state index is -0.763. The molecule has 0 aliphatic carbocycles. The highest BCUT2D eigenvalue weighted by molar-refractivity contribution is 6.05. The van der Waals surface area contributed by atoms with Crippen LogP contribution in [0.3, 0.4) is 0 Å². The van der Waals surface area contributed by atoms with E-state index in [1.807, 2.05) is 6.92 Å². The van der Waals surface area contributed by atoms with Crippen molar-refractivity contribution < 1.29 is 23.5 Å². The molecule has 1 amide bonds. The Morgan fingerprint density at radius 1 is 1.03 bits per heavy atom. The second kappa shape index (κ2) is 11.3. The van der Waals surface area contributed by atoms with Gasteiger partial charge in [0.25, 0.3) is 5.91 Å². The third kappa shape index (κ3) is 5.98. The number of carbonyl (C=O) groups is 2. The summed E-state index contributed by atoms with van der Waals surface area (Å²) in [6.45, 7) is 9.13. The quantitative estimate of drug-likeness (QED) is 0.367. The van der Waals surface area contributed by atoms with E-state index < -0.39 is 17.5 Å². The van der Waals surface area contributed by atoms with E-state index in [4.69, 9.17) is 13.9 Å². The van der Waals surface area contributed by atoms with E-state index in [1.54, 1.807) is 42.5 Å². The number of nitrogens with zero attached hydrogens (tertiary/aromatic N) is 1. The number of likely N-dealkylation sites (N-methyl/N-ethyl adjacent to an activating group) is 1. The first kappa shape index (κ1) is 24.0. The Kier molecular flexibility index (Phi) is 8.21. The van der Waals surface area contributed by atoms with Gasteiger partial charge in [-0.15, -0.1) is 0 Å². The van der Waals surface area contributed by atoms with Crippen LogP contribution in [0.15, 0.2) is 57.7 Å². The standard InChI is InChI=1S/C25H28N2O6/c1-4-27(5-2)14-15-32-24(29)17-10-12-19(13-11-17)26-23(28)20-16-18-8-7-9-21(31-6-3)22(18)33-25(20)30/h7-13,16H,4-6,14-15H2,1-3H3,(H,26,28). The fraction of sp³-hybridized carbons (Fsp3) is 0.320. The van der Waals surface area contributed by atoms with E-state index in [2.05, 4.69) is 24.1 Å². The lowest BCUT2D eigenvalue weighted by atomic mass is 10.1. The first-order valence-corrected chi connectivity index (χ1v) is 11.0. The Balaban J connectivity index is 1.67. The second-order valence-electron chi connectivity index (χ2n) is 7.25. The molecule has 1 N–H and O–H groups in total. The number of amides is 1. The maximum absolute atomic E-state index is 12.7. The molecule has 0 aliphatic heterocycles. The van der Waals surface area contributed by atoms with Crippen molar-refractivity contribution in [2.45, 2.75) is 20.8 Å². The maximum Gasteiger partial charge on any atom is 0.349 e. The van der Waals surface area contributed by atoms with Crippen molar-refractivity contribution >= 4 is 28.5 Å². The van der Waals surface area contributed by atoms with Crippen molar-refractivity contribution in [3.05, 3.63) is 70.1 Å². The van der Waals surface area contributed by atoms with Crippen LogP contribution in [-0.4, -0.2) is 49.6 Å². The molecule has 2 aromatic carbocycles. The fourth-order valence-corrected chi connectivity index (χ4v) is 3.32. The van der Waals surface area contributed by atoms with Gasteiger partial charge in [0.15, 0.2) is 11.3 Å². The normalized spacial score (nSPS) is 10.9. The number of hydrogen-bond donors (Lipinski definition) is 1. The molecule has 1 heterocycles. The molecule has 0 saturated carbocycles. The van der Waals surface area contributed by atoms with E-state index in [0.717, 1.165) is 13.1 Å². The molecule has 3 aromatic rings. The predicted molar refractivity (Wildman–Crippen MR) is 126 cm³/mol. The highest BCUT2D eigenvalue weighted by Crippen LogP contribution is 2.25. The third-order valence-corrected chi connectivity index (χ3v) is 5.18. The summed E-state index contributed by atoms with van der Waals surface area (Å²) in [7, 11) is 0. The smallest absolute Gasteiger partial charge is 0.349 e. The van der Waals surface area contributed by atoms with Crippen molar-refractivity contribution in [1.29, 1.82) is 0 Å². The summed E-state index contributed by atoms with van der Waals surface area (Å²) in [6.07, 6.45) is 0. The average molecular weight is 453 g/mol. The molecular weight excluding hydrogens is 424 g/mol. The van der Waals surface area contributed by atoms with Crippen LogP contribution in [-0.2, 0) is 4.74 Å². The molecule has 8 nitrogen and oxygen atoms in total. The number of fused-ring (bicyclic) bond motifs is 1. The Morgan fingerprint density at radius 3 is 2.42 bits per heavy atom. The first-order chi connectivity index (χ1) is 16.0. The van der Waals surface area contributed by atoms with Gasteiger partial charge in [-0.25, -0.2) is 9.59 Å². The van der Waals surface area contributed by atoms with E-state index in [-0.39, 0.29) is 5.56 Å². The first-order valence-electron chi connectivity index (χ1n) is 11.0. The second-order valence-corrected chi connectivity index (χ2v) is 7.25. The molecule has 0 aliphatic rings. The van der Waals surface area contributed by atoms with Gasteiger partial charge < -0.3 is 24.1 Å². The van der Waals surface area contributed by atoms with Crippen molar-refractivity contribution in [1.82, 2.24) is 4.90 Å². The fourth-order valence-electron chi connectivity index (χ4n) is 3.32. The summed E-state index contributed by atoms with van der Waals surface area (Å²) in [6, 6.07) is 12.9. The monoisotopic (exact) mass is 452 g/mol. The molecule has 0 unspecified atom stereocenters.